The van der Waals surface area contributed by atoms with Crippen LogP contribution >= 0.6 is 0 Å². The standard InChI is InChI=1S/C52H54N4O12S/c1-61-37-27-45(65-5)39(46(28-37)66-6)19-23-49(33-13-21-43(63-3)41(25-33)55-51(57)31-9-15-35(53)16-10-31)69(59,60)50(24-20-40-47(67-7)29-38(62-2)30-48(40)68-8)34-14-22-44(64-4)42(26-34)56-52(58)32-11-17-36(54)18-12-32/h9-30,49-50H,53-54H2,1-8H3,(H,55,57)(H,56,58)/b23-19+,24-20+. The van der Waals surface area contributed by atoms with Crippen molar-refractivity contribution in [3.05, 3.63) is 155 Å². The monoisotopic (exact) mass is 958 g/mol. The summed E-state index contributed by atoms with van der Waals surface area (Å²) in [5.41, 5.74) is 14.9. The van der Waals surface area contributed by atoms with Crippen molar-refractivity contribution >= 4 is 56.6 Å². The third kappa shape index (κ3) is 11.5. The lowest BCUT2D eigenvalue weighted by molar-refractivity contribution is 0.101. The fourth-order valence-corrected chi connectivity index (χ4v) is 9.36. The molecule has 6 N–H and O–H groups in total. The zero-order valence-electron chi connectivity index (χ0n) is 39.3. The second kappa shape index (κ2) is 22.5. The van der Waals surface area contributed by atoms with Gasteiger partial charge in [-0.05, 0) is 96.1 Å². The number of carbonyl (C=O) groups excluding carboxylic acids is 2. The van der Waals surface area contributed by atoms with E-state index in [2.05, 4.69) is 10.6 Å². The Morgan fingerprint density at radius 2 is 0.768 bits per heavy atom. The third-order valence-electron chi connectivity index (χ3n) is 11.0. The molecule has 0 saturated carbocycles. The Balaban J connectivity index is 1.61. The van der Waals surface area contributed by atoms with Crippen LogP contribution in [-0.2, 0) is 9.84 Å². The number of amides is 2. The first-order valence-corrected chi connectivity index (χ1v) is 22.7. The van der Waals surface area contributed by atoms with Gasteiger partial charge in [0.25, 0.3) is 11.8 Å². The number of sulfone groups is 1. The van der Waals surface area contributed by atoms with E-state index in [-0.39, 0.29) is 34.0 Å². The van der Waals surface area contributed by atoms with Gasteiger partial charge in [0.15, 0.2) is 9.84 Å². The van der Waals surface area contributed by atoms with Crippen molar-refractivity contribution in [1.82, 2.24) is 0 Å². The van der Waals surface area contributed by atoms with E-state index in [0.29, 0.717) is 68.1 Å². The fraction of sp³-hybridized carbons (Fsp3) is 0.192. The molecule has 17 heteroatoms. The van der Waals surface area contributed by atoms with Crippen molar-refractivity contribution < 1.29 is 55.9 Å². The smallest absolute Gasteiger partial charge is 0.255 e. The Hall–Kier alpha value is -8.31. The molecule has 6 aromatic carbocycles. The molecule has 0 radical (unpaired) electrons. The van der Waals surface area contributed by atoms with Gasteiger partial charge in [0.2, 0.25) is 0 Å². The van der Waals surface area contributed by atoms with Crippen LogP contribution in [0.4, 0.5) is 22.7 Å². The zero-order chi connectivity index (χ0) is 49.8. The second-order valence-electron chi connectivity index (χ2n) is 15.1. The molecule has 0 aromatic heterocycles. The van der Waals surface area contributed by atoms with Crippen LogP contribution < -0.4 is 60.0 Å². The summed E-state index contributed by atoms with van der Waals surface area (Å²) in [6.07, 6.45) is 6.16. The highest BCUT2D eigenvalue weighted by Crippen LogP contribution is 2.44. The van der Waals surface area contributed by atoms with Crippen molar-refractivity contribution in [2.24, 2.45) is 0 Å². The van der Waals surface area contributed by atoms with Gasteiger partial charge in [0.1, 0.15) is 56.5 Å². The molecule has 0 spiro atoms. The van der Waals surface area contributed by atoms with Crippen molar-refractivity contribution in [3.8, 4) is 46.0 Å². The molecule has 69 heavy (non-hydrogen) atoms. The summed E-state index contributed by atoms with van der Waals surface area (Å²) in [6.45, 7) is 0. The predicted octanol–water partition coefficient (Wildman–Crippen LogP) is 9.05. The van der Waals surface area contributed by atoms with Crippen LogP contribution in [0, 0.1) is 0 Å². The molecule has 0 aliphatic rings. The largest absolute Gasteiger partial charge is 0.496 e. The average Bonchev–Trinajstić information content (AvgIpc) is 3.36. The van der Waals surface area contributed by atoms with Gasteiger partial charge in [-0.2, -0.15) is 0 Å². The fourth-order valence-electron chi connectivity index (χ4n) is 7.40. The average molecular weight is 959 g/mol. The number of nitrogens with two attached hydrogens (primary N) is 2. The number of hydrogen-bond donors (Lipinski definition) is 4. The van der Waals surface area contributed by atoms with Gasteiger partial charge in [-0.3, -0.25) is 9.59 Å². The van der Waals surface area contributed by atoms with Crippen LogP contribution in [-0.4, -0.2) is 77.1 Å². The lowest BCUT2D eigenvalue weighted by Gasteiger charge is -2.24. The topological polar surface area (TPSA) is 218 Å². The van der Waals surface area contributed by atoms with Crippen LogP contribution in [0.1, 0.15) is 53.5 Å². The van der Waals surface area contributed by atoms with Gasteiger partial charge in [0, 0.05) is 46.8 Å². The SMILES string of the molecule is COc1cc(OC)c(/C=C/C(c2ccc(OC)c(NC(=O)c3ccc(N)cc3)c2)S(=O)(=O)C(/C=C/c2c(OC)cc(OC)cc2OC)c2ccc(OC)c(NC(=O)c3ccc(N)cc3)c2)c(OC)c1. The van der Waals surface area contributed by atoms with E-state index in [0.717, 1.165) is 0 Å². The maximum Gasteiger partial charge on any atom is 0.255 e. The molecule has 0 saturated heterocycles. The Morgan fingerprint density at radius 1 is 0.449 bits per heavy atom. The molecule has 2 atom stereocenters. The maximum atomic E-state index is 16.0. The van der Waals surface area contributed by atoms with E-state index in [1.807, 2.05) is 0 Å². The van der Waals surface area contributed by atoms with E-state index in [9.17, 15) is 9.59 Å². The highest BCUT2D eigenvalue weighted by atomic mass is 32.2. The molecular weight excluding hydrogens is 905 g/mol. The van der Waals surface area contributed by atoms with Crippen molar-refractivity contribution in [1.29, 1.82) is 0 Å². The summed E-state index contributed by atoms with van der Waals surface area (Å²) in [5.74, 6) is 1.72. The Morgan fingerprint density at radius 3 is 1.06 bits per heavy atom. The van der Waals surface area contributed by atoms with Crippen molar-refractivity contribution in [2.75, 3.05) is 79.0 Å². The van der Waals surface area contributed by atoms with Gasteiger partial charge >= 0.3 is 0 Å². The Labute approximate surface area is 401 Å². The van der Waals surface area contributed by atoms with Gasteiger partial charge < -0.3 is 60.0 Å². The van der Waals surface area contributed by atoms with Crippen LogP contribution in [0.15, 0.2) is 121 Å². The number of benzene rings is 6. The molecule has 360 valence electrons. The molecule has 0 bridgehead atoms. The molecule has 0 fully saturated rings. The second-order valence-corrected chi connectivity index (χ2v) is 17.3. The quantitative estimate of drug-likeness (QED) is 0.0525. The molecule has 6 aromatic rings. The number of hydrogen-bond acceptors (Lipinski definition) is 14. The van der Waals surface area contributed by atoms with Crippen LogP contribution in [0.3, 0.4) is 0 Å². The minimum absolute atomic E-state index is 0.182. The summed E-state index contributed by atoms with van der Waals surface area (Å²) in [6, 6.07) is 28.6. The molecule has 6 rings (SSSR count). The number of nitrogens with one attached hydrogen (secondary N) is 2. The number of carbonyl (C=O) groups is 2. The summed E-state index contributed by atoms with van der Waals surface area (Å²) in [7, 11) is 7.15. The summed E-state index contributed by atoms with van der Waals surface area (Å²) < 4.78 is 77.3. The highest BCUT2D eigenvalue weighted by Gasteiger charge is 2.35. The zero-order valence-corrected chi connectivity index (χ0v) is 40.1. The minimum atomic E-state index is -4.58. The highest BCUT2D eigenvalue weighted by molar-refractivity contribution is 7.92. The third-order valence-corrected chi connectivity index (χ3v) is 13.3. The summed E-state index contributed by atoms with van der Waals surface area (Å²) in [5, 5.41) is 2.77. The number of anilines is 4. The number of rotatable bonds is 20. The Bertz CT molecular complexity index is 2730. The van der Waals surface area contributed by atoms with Gasteiger partial charge in [0.05, 0.1) is 79.4 Å². The first-order chi connectivity index (χ1) is 33.2. The van der Waals surface area contributed by atoms with E-state index in [4.69, 9.17) is 49.4 Å². The Kier molecular flexibility index (Phi) is 16.3. The molecule has 0 heterocycles. The summed E-state index contributed by atoms with van der Waals surface area (Å²) in [4.78, 5) is 27.3. The lowest BCUT2D eigenvalue weighted by atomic mass is 10.1. The summed E-state index contributed by atoms with van der Waals surface area (Å²) >= 11 is 0. The molecule has 2 unspecified atom stereocenters. The predicted molar refractivity (Wildman–Crippen MR) is 268 cm³/mol. The van der Waals surface area contributed by atoms with Gasteiger partial charge in [-0.25, -0.2) is 8.42 Å². The van der Waals surface area contributed by atoms with Crippen LogP contribution in [0.25, 0.3) is 12.2 Å². The first kappa shape index (κ1) is 50.1. The van der Waals surface area contributed by atoms with Crippen molar-refractivity contribution in [2.45, 2.75) is 10.5 Å². The molecular formula is C52H54N4O12S. The van der Waals surface area contributed by atoms with E-state index in [1.165, 1.54) is 81.2 Å². The van der Waals surface area contributed by atoms with E-state index in [1.54, 1.807) is 109 Å². The number of ether oxygens (including phenoxy) is 8. The molecule has 2 amide bonds. The normalized spacial score (nSPS) is 12.2. The van der Waals surface area contributed by atoms with Crippen LogP contribution in [0.5, 0.6) is 46.0 Å². The van der Waals surface area contributed by atoms with Gasteiger partial charge in [-0.15, -0.1) is 0 Å². The first-order valence-electron chi connectivity index (χ1n) is 21.1. The van der Waals surface area contributed by atoms with Crippen molar-refractivity contribution in [3.63, 3.8) is 0 Å². The molecule has 0 aliphatic heterocycles. The van der Waals surface area contributed by atoms with Crippen LogP contribution in [0.2, 0.25) is 0 Å². The van der Waals surface area contributed by atoms with Gasteiger partial charge in [-0.1, -0.05) is 24.3 Å². The van der Waals surface area contributed by atoms with E-state index < -0.39 is 32.2 Å². The molecule has 0 aliphatic carbocycles. The maximum absolute atomic E-state index is 16.0. The number of nitrogen functional groups attached to an aromatic ring is 2. The van der Waals surface area contributed by atoms with E-state index >= 15 is 8.42 Å². The number of methoxy groups -OCH3 is 8. The lowest BCUT2D eigenvalue weighted by Crippen LogP contribution is -2.20. The molecule has 16 nitrogen and oxygen atoms in total. The minimum Gasteiger partial charge on any atom is -0.496 e.